The minimum Gasteiger partial charge on any atom is -0.367 e. The molecule has 2 nitrogen and oxygen atoms in total. The van der Waals surface area contributed by atoms with Crippen LogP contribution in [0.15, 0.2) is 16.7 Å². The molecular weight excluding hydrogens is 302 g/mol. The van der Waals surface area contributed by atoms with Crippen molar-refractivity contribution in [3.63, 3.8) is 0 Å². The number of anilines is 1. The van der Waals surface area contributed by atoms with Crippen LogP contribution in [0.3, 0.4) is 0 Å². The monoisotopic (exact) mass is 316 g/mol. The predicted molar refractivity (Wildman–Crippen MR) is 69.9 cm³/mol. The molecule has 2 aliphatic rings. The number of nitrogens with one attached hydrogen (secondary N) is 1. The molecule has 1 aromatic rings. The summed E-state index contributed by atoms with van der Waals surface area (Å²) in [5.74, 6) is -1.57. The molecule has 1 N–H and O–H groups in total. The normalized spacial score (nSPS) is 24.4. The lowest BCUT2D eigenvalue weighted by atomic mass is 9.52. The van der Waals surface area contributed by atoms with Gasteiger partial charge < -0.3 is 5.32 Å². The molecule has 1 aromatic heterocycles. The summed E-state index contributed by atoms with van der Waals surface area (Å²) in [5.41, 5.74) is 1.04. The minimum atomic E-state index is -2.41. The van der Waals surface area contributed by atoms with Gasteiger partial charge in [0.15, 0.2) is 0 Å². The topological polar surface area (TPSA) is 24.9 Å². The number of aryl methyl sites for hydroxylation is 1. The number of nitrogens with zero attached hydrogens (tertiary/aromatic N) is 1. The van der Waals surface area contributed by atoms with E-state index >= 15 is 0 Å². The molecule has 0 amide bonds. The lowest BCUT2D eigenvalue weighted by Crippen LogP contribution is -2.57. The summed E-state index contributed by atoms with van der Waals surface area (Å²) in [6.07, 6.45) is 3.61. The Morgan fingerprint density at radius 1 is 1.39 bits per heavy atom. The van der Waals surface area contributed by atoms with Gasteiger partial charge in [-0.1, -0.05) is 0 Å². The van der Waals surface area contributed by atoms with E-state index in [1.165, 1.54) is 0 Å². The van der Waals surface area contributed by atoms with E-state index in [-0.39, 0.29) is 18.3 Å². The first-order valence-electron chi connectivity index (χ1n) is 6.14. The van der Waals surface area contributed by atoms with Gasteiger partial charge in [0.2, 0.25) is 5.92 Å². The number of hydrogen-bond donors (Lipinski definition) is 1. The van der Waals surface area contributed by atoms with Gasteiger partial charge in [0, 0.05) is 29.6 Å². The quantitative estimate of drug-likeness (QED) is 0.887. The molecule has 5 heteroatoms. The van der Waals surface area contributed by atoms with Gasteiger partial charge in [0.1, 0.15) is 5.82 Å². The average Bonchev–Trinajstić information content (AvgIpc) is 2.18. The molecule has 0 unspecified atom stereocenters. The molecule has 1 heterocycles. The fourth-order valence-electron chi connectivity index (χ4n) is 3.25. The third-order valence-corrected chi connectivity index (χ3v) is 4.86. The number of hydrogen-bond acceptors (Lipinski definition) is 2. The molecule has 98 valence electrons. The van der Waals surface area contributed by atoms with Gasteiger partial charge in [0.05, 0.1) is 0 Å². The Hall–Kier alpha value is -0.710. The smallest absolute Gasteiger partial charge is 0.249 e. The maximum atomic E-state index is 12.9. The predicted octanol–water partition coefficient (Wildman–Crippen LogP) is 4.14. The Balaban J connectivity index is 1.56. The SMILES string of the molecule is Cc1cc(NC2CC3(C2)CC(F)(F)C3)ncc1Br. The van der Waals surface area contributed by atoms with E-state index in [1.807, 2.05) is 13.0 Å². The van der Waals surface area contributed by atoms with E-state index in [0.29, 0.717) is 6.04 Å². The van der Waals surface area contributed by atoms with Crippen LogP contribution < -0.4 is 5.32 Å². The van der Waals surface area contributed by atoms with Crippen molar-refractivity contribution in [2.45, 2.75) is 44.6 Å². The van der Waals surface area contributed by atoms with Crippen molar-refractivity contribution in [1.82, 2.24) is 4.98 Å². The number of pyridine rings is 1. The van der Waals surface area contributed by atoms with Crippen molar-refractivity contribution >= 4 is 21.7 Å². The molecule has 0 aromatic carbocycles. The zero-order valence-electron chi connectivity index (χ0n) is 10.1. The summed E-state index contributed by atoms with van der Waals surface area (Å²) in [4.78, 5) is 4.27. The second-order valence-electron chi connectivity index (χ2n) is 5.78. The molecular formula is C13H15BrF2N2. The van der Waals surface area contributed by atoms with Gasteiger partial charge in [-0.3, -0.25) is 0 Å². The molecule has 0 aliphatic heterocycles. The zero-order valence-corrected chi connectivity index (χ0v) is 11.7. The molecule has 3 rings (SSSR count). The molecule has 0 bridgehead atoms. The highest BCUT2D eigenvalue weighted by molar-refractivity contribution is 9.10. The maximum Gasteiger partial charge on any atom is 0.249 e. The number of aromatic nitrogens is 1. The van der Waals surface area contributed by atoms with Crippen LogP contribution in [0.4, 0.5) is 14.6 Å². The molecule has 0 radical (unpaired) electrons. The molecule has 2 saturated carbocycles. The summed E-state index contributed by atoms with van der Waals surface area (Å²) in [6, 6.07) is 2.28. The third kappa shape index (κ3) is 2.13. The van der Waals surface area contributed by atoms with E-state index in [9.17, 15) is 8.78 Å². The van der Waals surface area contributed by atoms with E-state index in [4.69, 9.17) is 0 Å². The lowest BCUT2D eigenvalue weighted by Gasteiger charge is -2.57. The highest BCUT2D eigenvalue weighted by Crippen LogP contribution is 2.62. The van der Waals surface area contributed by atoms with Gasteiger partial charge in [-0.15, -0.1) is 0 Å². The molecule has 0 atom stereocenters. The van der Waals surface area contributed by atoms with Crippen molar-refractivity contribution in [1.29, 1.82) is 0 Å². The summed E-state index contributed by atoms with van der Waals surface area (Å²) in [5, 5.41) is 3.32. The Labute approximate surface area is 113 Å². The van der Waals surface area contributed by atoms with Gasteiger partial charge in [0.25, 0.3) is 0 Å². The van der Waals surface area contributed by atoms with Crippen molar-refractivity contribution in [3.8, 4) is 0 Å². The van der Waals surface area contributed by atoms with Crippen molar-refractivity contribution in [2.75, 3.05) is 5.32 Å². The fourth-order valence-corrected chi connectivity index (χ4v) is 3.47. The van der Waals surface area contributed by atoms with Crippen LogP contribution in [-0.2, 0) is 0 Å². The first-order chi connectivity index (χ1) is 8.38. The van der Waals surface area contributed by atoms with Crippen LogP contribution in [0.2, 0.25) is 0 Å². The lowest BCUT2D eigenvalue weighted by molar-refractivity contribution is -0.193. The Morgan fingerprint density at radius 3 is 2.61 bits per heavy atom. The van der Waals surface area contributed by atoms with Gasteiger partial charge in [-0.2, -0.15) is 0 Å². The van der Waals surface area contributed by atoms with Crippen LogP contribution >= 0.6 is 15.9 Å². The largest absolute Gasteiger partial charge is 0.367 e. The van der Waals surface area contributed by atoms with Gasteiger partial charge >= 0.3 is 0 Å². The van der Waals surface area contributed by atoms with Crippen LogP contribution in [0.5, 0.6) is 0 Å². The van der Waals surface area contributed by atoms with E-state index < -0.39 is 5.92 Å². The molecule has 18 heavy (non-hydrogen) atoms. The van der Waals surface area contributed by atoms with Gasteiger partial charge in [-0.05, 0) is 52.7 Å². The summed E-state index contributed by atoms with van der Waals surface area (Å²) >= 11 is 3.40. The highest BCUT2D eigenvalue weighted by Gasteiger charge is 2.61. The van der Waals surface area contributed by atoms with E-state index in [2.05, 4.69) is 26.2 Å². The average molecular weight is 317 g/mol. The standard InChI is InChI=1S/C13H15BrF2N2/c1-8-2-11(17-5-10(8)14)18-9-3-12(4-9)6-13(15,16)7-12/h2,5,9H,3-4,6-7H2,1H3,(H,17,18). The van der Waals surface area contributed by atoms with Crippen molar-refractivity contribution in [3.05, 3.63) is 22.3 Å². The van der Waals surface area contributed by atoms with Crippen molar-refractivity contribution < 1.29 is 8.78 Å². The summed E-state index contributed by atoms with van der Waals surface area (Å²) in [6.45, 7) is 2.01. The van der Waals surface area contributed by atoms with Crippen LogP contribution in [0, 0.1) is 12.3 Å². The summed E-state index contributed by atoms with van der Waals surface area (Å²) < 4.78 is 26.7. The number of rotatable bonds is 2. The second-order valence-corrected chi connectivity index (χ2v) is 6.63. The maximum absolute atomic E-state index is 12.9. The number of halogens is 3. The van der Waals surface area contributed by atoms with Crippen LogP contribution in [-0.4, -0.2) is 16.9 Å². The summed E-state index contributed by atoms with van der Waals surface area (Å²) in [7, 11) is 0. The first-order valence-corrected chi connectivity index (χ1v) is 6.93. The molecule has 2 aliphatic carbocycles. The number of alkyl halides is 2. The van der Waals surface area contributed by atoms with Crippen LogP contribution in [0.1, 0.15) is 31.2 Å². The highest BCUT2D eigenvalue weighted by atomic mass is 79.9. The molecule has 0 saturated heterocycles. The Kier molecular flexibility index (Phi) is 2.66. The van der Waals surface area contributed by atoms with Crippen LogP contribution in [0.25, 0.3) is 0 Å². The van der Waals surface area contributed by atoms with E-state index in [1.54, 1.807) is 6.20 Å². The van der Waals surface area contributed by atoms with Gasteiger partial charge in [-0.25, -0.2) is 13.8 Å². The zero-order chi connectivity index (χ0) is 13.0. The Morgan fingerprint density at radius 2 is 2.06 bits per heavy atom. The fraction of sp³-hybridized carbons (Fsp3) is 0.615. The first kappa shape index (κ1) is 12.3. The molecule has 2 fully saturated rings. The second kappa shape index (κ2) is 3.89. The minimum absolute atomic E-state index is 0.0744. The van der Waals surface area contributed by atoms with Crippen molar-refractivity contribution in [2.24, 2.45) is 5.41 Å². The molecule has 1 spiro atoms. The third-order valence-electron chi connectivity index (χ3n) is 4.03. The Bertz CT molecular complexity index is 474. The van der Waals surface area contributed by atoms with E-state index in [0.717, 1.165) is 28.7 Å².